The standard InChI is InChI=1S/C26H25Cl3N4O2/c1-30-26(35)18-5-9-25(32-13-18)33-11-10-23(20(15-33)17-4-8-21(28)22(29)12-17)31-14-24(34)16-2-6-19(27)7-3-16/h2-9,12-13,20,23,31H,10-11,14-15H2,1H3,(H,30,35)/t20-,23+/m0/s1. The Morgan fingerprint density at radius 3 is 2.40 bits per heavy atom. The van der Waals surface area contributed by atoms with E-state index in [9.17, 15) is 9.59 Å². The summed E-state index contributed by atoms with van der Waals surface area (Å²) < 4.78 is 0. The smallest absolute Gasteiger partial charge is 0.252 e. The maximum Gasteiger partial charge on any atom is 0.252 e. The van der Waals surface area contributed by atoms with Crippen molar-refractivity contribution in [3.8, 4) is 0 Å². The first-order valence-electron chi connectivity index (χ1n) is 11.3. The van der Waals surface area contributed by atoms with Crippen molar-refractivity contribution in [1.82, 2.24) is 15.6 Å². The van der Waals surface area contributed by atoms with E-state index in [2.05, 4.69) is 20.5 Å². The highest BCUT2D eigenvalue weighted by atomic mass is 35.5. The molecule has 2 N–H and O–H groups in total. The van der Waals surface area contributed by atoms with Gasteiger partial charge in [0, 0.05) is 48.9 Å². The Kier molecular flexibility index (Phi) is 8.29. The van der Waals surface area contributed by atoms with Crippen LogP contribution >= 0.6 is 34.8 Å². The van der Waals surface area contributed by atoms with Crippen LogP contribution < -0.4 is 15.5 Å². The molecule has 182 valence electrons. The molecule has 0 aliphatic carbocycles. The summed E-state index contributed by atoms with van der Waals surface area (Å²) in [6.07, 6.45) is 2.37. The van der Waals surface area contributed by atoms with Gasteiger partial charge in [-0.1, -0.05) is 40.9 Å². The lowest BCUT2D eigenvalue weighted by atomic mass is 9.85. The largest absolute Gasteiger partial charge is 0.356 e. The topological polar surface area (TPSA) is 74.3 Å². The molecule has 1 aromatic heterocycles. The first-order valence-corrected chi connectivity index (χ1v) is 12.4. The highest BCUT2D eigenvalue weighted by molar-refractivity contribution is 6.42. The van der Waals surface area contributed by atoms with Gasteiger partial charge in [-0.15, -0.1) is 0 Å². The molecule has 0 radical (unpaired) electrons. The molecule has 0 bridgehead atoms. The third kappa shape index (κ3) is 6.14. The van der Waals surface area contributed by atoms with Crippen LogP contribution in [0.5, 0.6) is 0 Å². The first-order chi connectivity index (χ1) is 16.9. The normalized spacial score (nSPS) is 17.8. The Bertz CT molecular complexity index is 1200. The van der Waals surface area contributed by atoms with E-state index in [1.807, 2.05) is 18.2 Å². The van der Waals surface area contributed by atoms with Crippen molar-refractivity contribution in [2.75, 3.05) is 31.6 Å². The van der Waals surface area contributed by atoms with Crippen molar-refractivity contribution in [3.63, 3.8) is 0 Å². The van der Waals surface area contributed by atoms with E-state index in [0.29, 0.717) is 32.7 Å². The van der Waals surface area contributed by atoms with Gasteiger partial charge in [0.1, 0.15) is 5.82 Å². The average molecular weight is 532 g/mol. The SMILES string of the molecule is CNC(=O)c1ccc(N2CC[C@@H](NCC(=O)c3ccc(Cl)cc3)[C@H](c3ccc(Cl)c(Cl)c3)C2)nc1. The molecule has 1 fully saturated rings. The molecule has 0 saturated carbocycles. The van der Waals surface area contributed by atoms with Gasteiger partial charge in [-0.05, 0) is 60.5 Å². The lowest BCUT2D eigenvalue weighted by Gasteiger charge is -2.40. The Morgan fingerprint density at radius 2 is 1.74 bits per heavy atom. The zero-order chi connectivity index (χ0) is 24.9. The predicted molar refractivity (Wildman–Crippen MR) is 141 cm³/mol. The van der Waals surface area contributed by atoms with E-state index in [1.54, 1.807) is 49.6 Å². The molecule has 1 amide bonds. The molecule has 0 spiro atoms. The number of hydrogen-bond donors (Lipinski definition) is 2. The first kappa shape index (κ1) is 25.5. The molecule has 1 aliphatic heterocycles. The molecule has 1 saturated heterocycles. The van der Waals surface area contributed by atoms with Crippen molar-refractivity contribution < 1.29 is 9.59 Å². The van der Waals surface area contributed by atoms with E-state index in [-0.39, 0.29) is 30.2 Å². The number of rotatable bonds is 7. The summed E-state index contributed by atoms with van der Waals surface area (Å²) in [5.74, 6) is 0.657. The Morgan fingerprint density at radius 1 is 1.00 bits per heavy atom. The quantitative estimate of drug-likeness (QED) is 0.408. The predicted octanol–water partition coefficient (Wildman–Crippen LogP) is 5.24. The molecular weight excluding hydrogens is 507 g/mol. The number of ketones is 1. The summed E-state index contributed by atoms with van der Waals surface area (Å²) >= 11 is 18.4. The van der Waals surface area contributed by atoms with E-state index in [0.717, 1.165) is 24.3 Å². The maximum atomic E-state index is 12.7. The number of piperidine rings is 1. The number of benzene rings is 2. The number of amides is 1. The second kappa shape index (κ2) is 11.4. The van der Waals surface area contributed by atoms with Crippen LogP contribution in [0.15, 0.2) is 60.8 Å². The number of aromatic nitrogens is 1. The van der Waals surface area contributed by atoms with Gasteiger partial charge in [0.15, 0.2) is 5.78 Å². The number of carbonyl (C=O) groups excluding carboxylic acids is 2. The summed E-state index contributed by atoms with van der Waals surface area (Å²) in [4.78, 5) is 31.3. The van der Waals surface area contributed by atoms with Crippen LogP contribution in [0.3, 0.4) is 0 Å². The van der Waals surface area contributed by atoms with Gasteiger partial charge >= 0.3 is 0 Å². The van der Waals surface area contributed by atoms with Crippen molar-refractivity contribution in [3.05, 3.63) is 92.6 Å². The van der Waals surface area contributed by atoms with Gasteiger partial charge in [-0.2, -0.15) is 0 Å². The molecule has 1 aliphatic rings. The fourth-order valence-electron chi connectivity index (χ4n) is 4.30. The van der Waals surface area contributed by atoms with Gasteiger partial charge in [-0.3, -0.25) is 9.59 Å². The molecule has 6 nitrogen and oxygen atoms in total. The van der Waals surface area contributed by atoms with Crippen LogP contribution in [0, 0.1) is 0 Å². The molecule has 2 aromatic carbocycles. The van der Waals surface area contributed by atoms with Gasteiger partial charge in [-0.25, -0.2) is 4.98 Å². The zero-order valence-electron chi connectivity index (χ0n) is 19.1. The minimum absolute atomic E-state index is 0.00319. The van der Waals surface area contributed by atoms with Crippen LogP contribution in [0.4, 0.5) is 5.82 Å². The van der Waals surface area contributed by atoms with Crippen LogP contribution in [-0.4, -0.2) is 49.4 Å². The Labute approximate surface area is 219 Å². The van der Waals surface area contributed by atoms with Crippen molar-refractivity contribution in [1.29, 1.82) is 0 Å². The molecule has 0 unspecified atom stereocenters. The number of nitrogens with one attached hydrogen (secondary N) is 2. The minimum Gasteiger partial charge on any atom is -0.356 e. The van der Waals surface area contributed by atoms with Crippen LogP contribution in [0.2, 0.25) is 15.1 Å². The van der Waals surface area contributed by atoms with Crippen molar-refractivity contribution >= 4 is 52.3 Å². The monoisotopic (exact) mass is 530 g/mol. The summed E-state index contributed by atoms with van der Waals surface area (Å²) in [7, 11) is 1.59. The highest BCUT2D eigenvalue weighted by Crippen LogP contribution is 2.33. The minimum atomic E-state index is -0.175. The number of halogens is 3. The third-order valence-electron chi connectivity index (χ3n) is 6.24. The molecule has 3 aromatic rings. The summed E-state index contributed by atoms with van der Waals surface area (Å²) in [6, 6.07) is 16.2. The molecular formula is C26H25Cl3N4O2. The van der Waals surface area contributed by atoms with Gasteiger partial charge < -0.3 is 15.5 Å². The van der Waals surface area contributed by atoms with Crippen molar-refractivity contribution in [2.45, 2.75) is 18.4 Å². The van der Waals surface area contributed by atoms with Crippen LogP contribution in [0.1, 0.15) is 38.6 Å². The van der Waals surface area contributed by atoms with Gasteiger partial charge in [0.25, 0.3) is 5.91 Å². The maximum absolute atomic E-state index is 12.7. The van der Waals surface area contributed by atoms with E-state index >= 15 is 0 Å². The summed E-state index contributed by atoms with van der Waals surface area (Å²) in [5, 5.41) is 7.65. The summed E-state index contributed by atoms with van der Waals surface area (Å²) in [6.45, 7) is 1.62. The zero-order valence-corrected chi connectivity index (χ0v) is 21.4. The molecule has 9 heteroatoms. The number of nitrogens with zero attached hydrogens (tertiary/aromatic N) is 2. The van der Waals surface area contributed by atoms with E-state index < -0.39 is 0 Å². The van der Waals surface area contributed by atoms with Gasteiger partial charge in [0.2, 0.25) is 0 Å². The van der Waals surface area contributed by atoms with Crippen LogP contribution in [0.25, 0.3) is 0 Å². The lowest BCUT2D eigenvalue weighted by Crippen LogP contribution is -2.49. The molecule has 35 heavy (non-hydrogen) atoms. The lowest BCUT2D eigenvalue weighted by molar-refractivity contribution is 0.0960. The third-order valence-corrected chi connectivity index (χ3v) is 7.23. The molecule has 2 atom stereocenters. The number of hydrogen-bond acceptors (Lipinski definition) is 5. The summed E-state index contributed by atoms with van der Waals surface area (Å²) in [5.41, 5.74) is 2.16. The molecule has 2 heterocycles. The Balaban J connectivity index is 1.52. The number of carbonyl (C=O) groups is 2. The van der Waals surface area contributed by atoms with Crippen LogP contribution in [-0.2, 0) is 0 Å². The number of pyridine rings is 1. The van der Waals surface area contributed by atoms with E-state index in [1.165, 1.54) is 0 Å². The Hall–Kier alpha value is -2.64. The second-order valence-corrected chi connectivity index (χ2v) is 9.67. The molecule has 4 rings (SSSR count). The fourth-order valence-corrected chi connectivity index (χ4v) is 4.73. The number of anilines is 1. The van der Waals surface area contributed by atoms with Crippen molar-refractivity contribution in [2.24, 2.45) is 0 Å². The van der Waals surface area contributed by atoms with Gasteiger partial charge in [0.05, 0.1) is 22.2 Å². The highest BCUT2D eigenvalue weighted by Gasteiger charge is 2.31. The van der Waals surface area contributed by atoms with E-state index in [4.69, 9.17) is 34.8 Å². The second-order valence-electron chi connectivity index (χ2n) is 8.42. The fraction of sp³-hybridized carbons (Fsp3) is 0.269. The number of Topliss-reactive ketones (excluding diaryl/α,β-unsaturated/α-hetero) is 1. The average Bonchev–Trinajstić information content (AvgIpc) is 2.89.